The summed E-state index contributed by atoms with van der Waals surface area (Å²) < 4.78 is 12.1. The summed E-state index contributed by atoms with van der Waals surface area (Å²) in [4.78, 5) is 8.91. The first-order chi connectivity index (χ1) is 18.1. The lowest BCUT2D eigenvalue weighted by Gasteiger charge is -2.23. The first-order valence-electron chi connectivity index (χ1n) is 12.3. The van der Waals surface area contributed by atoms with Gasteiger partial charge in [-0.15, -0.1) is 0 Å². The molecule has 37 heavy (non-hydrogen) atoms. The smallest absolute Gasteiger partial charge is 0.161 e. The molecule has 0 radical (unpaired) electrons. The lowest BCUT2D eigenvalue weighted by atomic mass is 9.95. The van der Waals surface area contributed by atoms with E-state index in [0.717, 1.165) is 22.1 Å². The molecule has 0 saturated heterocycles. The zero-order chi connectivity index (χ0) is 25.6. The molecule has 2 aromatic heterocycles. The van der Waals surface area contributed by atoms with E-state index in [9.17, 15) is 5.11 Å². The normalized spacial score (nSPS) is 11.7. The van der Waals surface area contributed by atoms with Crippen molar-refractivity contribution in [3.8, 4) is 17.2 Å². The van der Waals surface area contributed by atoms with Crippen LogP contribution in [0.4, 0.5) is 5.82 Å². The third-order valence-electron chi connectivity index (χ3n) is 6.14. The van der Waals surface area contributed by atoms with Gasteiger partial charge in [-0.05, 0) is 60.9 Å². The number of benzene rings is 3. The minimum absolute atomic E-state index is 0.130. The zero-order valence-electron chi connectivity index (χ0n) is 20.9. The van der Waals surface area contributed by atoms with Crippen molar-refractivity contribution < 1.29 is 14.6 Å². The van der Waals surface area contributed by atoms with Crippen LogP contribution in [0.25, 0.3) is 10.9 Å². The first kappa shape index (κ1) is 24.1. The molecule has 1 atom stereocenters. The number of fused-ring (bicyclic) bond motifs is 1. The molecule has 0 aliphatic heterocycles. The van der Waals surface area contributed by atoms with Gasteiger partial charge in [0.1, 0.15) is 23.7 Å². The highest BCUT2D eigenvalue weighted by atomic mass is 16.5. The standard InChI is InChI=1S/C31H29N3O3/c1-3-36-27-19-24(12-14-26(27)37-20-22-8-5-4-6-9-22)29(34-28-18-21(2)15-17-32-28)25-13-11-23-10-7-16-33-30(23)31(25)35/h4-19,29,35H,3,20H2,1-2H3,(H,32,34)/t29-/m0/s1. The van der Waals surface area contributed by atoms with Crippen molar-refractivity contribution in [1.29, 1.82) is 0 Å². The van der Waals surface area contributed by atoms with Crippen LogP contribution in [0.15, 0.2) is 97.3 Å². The predicted molar refractivity (Wildman–Crippen MR) is 146 cm³/mol. The molecule has 3 aromatic carbocycles. The summed E-state index contributed by atoms with van der Waals surface area (Å²) in [6.45, 7) is 4.90. The number of ether oxygens (including phenoxy) is 2. The van der Waals surface area contributed by atoms with E-state index in [1.165, 1.54) is 0 Å². The predicted octanol–water partition coefficient (Wildman–Crippen LogP) is 6.82. The molecule has 5 rings (SSSR count). The third kappa shape index (κ3) is 5.48. The number of anilines is 1. The van der Waals surface area contributed by atoms with Crippen LogP contribution in [0.5, 0.6) is 17.2 Å². The Labute approximate surface area is 216 Å². The number of hydrogen-bond acceptors (Lipinski definition) is 6. The second kappa shape index (κ2) is 11.0. The van der Waals surface area contributed by atoms with Crippen LogP contribution in [0, 0.1) is 6.92 Å². The fourth-order valence-corrected chi connectivity index (χ4v) is 4.31. The lowest BCUT2D eigenvalue weighted by Crippen LogP contribution is -2.14. The van der Waals surface area contributed by atoms with Crippen molar-refractivity contribution in [2.24, 2.45) is 0 Å². The Bertz CT molecular complexity index is 1500. The van der Waals surface area contributed by atoms with E-state index in [2.05, 4.69) is 15.3 Å². The van der Waals surface area contributed by atoms with Crippen LogP contribution in [0.3, 0.4) is 0 Å². The van der Waals surface area contributed by atoms with Gasteiger partial charge in [0.25, 0.3) is 0 Å². The maximum Gasteiger partial charge on any atom is 0.161 e. The Balaban J connectivity index is 1.55. The van der Waals surface area contributed by atoms with Crippen molar-refractivity contribution >= 4 is 16.7 Å². The number of nitrogens with zero attached hydrogens (tertiary/aromatic N) is 2. The Morgan fingerprint density at radius 2 is 1.70 bits per heavy atom. The molecule has 5 aromatic rings. The highest BCUT2D eigenvalue weighted by Gasteiger charge is 2.22. The van der Waals surface area contributed by atoms with Gasteiger partial charge in [0.15, 0.2) is 11.5 Å². The number of phenolic OH excluding ortho intramolecular Hbond substituents is 1. The second-order valence-corrected chi connectivity index (χ2v) is 8.79. The number of phenols is 1. The molecule has 0 aliphatic carbocycles. The van der Waals surface area contributed by atoms with Gasteiger partial charge in [0, 0.05) is 23.3 Å². The van der Waals surface area contributed by atoms with Gasteiger partial charge >= 0.3 is 0 Å². The molecule has 2 heterocycles. The van der Waals surface area contributed by atoms with Gasteiger partial charge in [-0.25, -0.2) is 4.98 Å². The molecule has 0 aliphatic rings. The van der Waals surface area contributed by atoms with E-state index >= 15 is 0 Å². The van der Waals surface area contributed by atoms with Crippen LogP contribution in [-0.4, -0.2) is 21.7 Å². The molecule has 0 fully saturated rings. The van der Waals surface area contributed by atoms with Gasteiger partial charge < -0.3 is 19.9 Å². The Hall–Kier alpha value is -4.58. The van der Waals surface area contributed by atoms with Crippen molar-refractivity contribution in [3.63, 3.8) is 0 Å². The van der Waals surface area contributed by atoms with Gasteiger partial charge in [0.2, 0.25) is 0 Å². The second-order valence-electron chi connectivity index (χ2n) is 8.79. The van der Waals surface area contributed by atoms with Crippen LogP contribution < -0.4 is 14.8 Å². The van der Waals surface area contributed by atoms with E-state index < -0.39 is 6.04 Å². The lowest BCUT2D eigenvalue weighted by molar-refractivity contribution is 0.269. The number of aromatic nitrogens is 2. The first-order valence-corrected chi connectivity index (χ1v) is 12.3. The molecule has 6 heteroatoms. The fraction of sp³-hybridized carbons (Fsp3) is 0.161. The highest BCUT2D eigenvalue weighted by Crippen LogP contribution is 2.39. The molecule has 0 bridgehead atoms. The maximum atomic E-state index is 11.3. The summed E-state index contributed by atoms with van der Waals surface area (Å²) in [6.07, 6.45) is 3.45. The van der Waals surface area contributed by atoms with Gasteiger partial charge in [-0.1, -0.05) is 54.6 Å². The topological polar surface area (TPSA) is 76.5 Å². The molecule has 2 N–H and O–H groups in total. The van der Waals surface area contributed by atoms with Crippen LogP contribution in [0.2, 0.25) is 0 Å². The summed E-state index contributed by atoms with van der Waals surface area (Å²) in [5.41, 5.74) is 4.30. The van der Waals surface area contributed by atoms with Crippen LogP contribution in [-0.2, 0) is 6.61 Å². The third-order valence-corrected chi connectivity index (χ3v) is 6.14. The average Bonchev–Trinajstić information content (AvgIpc) is 2.92. The molecular weight excluding hydrogens is 462 g/mol. The van der Waals surface area contributed by atoms with Gasteiger partial charge in [-0.2, -0.15) is 0 Å². The van der Waals surface area contributed by atoms with Gasteiger partial charge in [-0.3, -0.25) is 4.98 Å². The van der Waals surface area contributed by atoms with Crippen molar-refractivity contribution in [1.82, 2.24) is 9.97 Å². The SMILES string of the molecule is CCOc1cc([C@H](Nc2cc(C)ccn2)c2ccc3cccnc3c2O)ccc1OCc1ccccc1. The van der Waals surface area contributed by atoms with Crippen molar-refractivity contribution in [2.75, 3.05) is 11.9 Å². The van der Waals surface area contributed by atoms with Crippen LogP contribution >= 0.6 is 0 Å². The Kier molecular flexibility index (Phi) is 7.17. The average molecular weight is 492 g/mol. The Morgan fingerprint density at radius 1 is 0.838 bits per heavy atom. The largest absolute Gasteiger partial charge is 0.505 e. The summed E-state index contributed by atoms with van der Waals surface area (Å²) >= 11 is 0. The molecule has 6 nitrogen and oxygen atoms in total. The minimum Gasteiger partial charge on any atom is -0.505 e. The molecule has 0 spiro atoms. The van der Waals surface area contributed by atoms with E-state index in [4.69, 9.17) is 9.47 Å². The quantitative estimate of drug-likeness (QED) is 0.236. The number of rotatable bonds is 9. The van der Waals surface area contributed by atoms with Crippen molar-refractivity contribution in [2.45, 2.75) is 26.5 Å². The number of aryl methyl sites for hydroxylation is 1. The highest BCUT2D eigenvalue weighted by molar-refractivity contribution is 5.86. The molecule has 0 amide bonds. The van der Waals surface area contributed by atoms with Crippen LogP contribution in [0.1, 0.15) is 35.2 Å². The summed E-state index contributed by atoms with van der Waals surface area (Å²) in [5.74, 6) is 2.13. The minimum atomic E-state index is -0.414. The fourth-order valence-electron chi connectivity index (χ4n) is 4.31. The zero-order valence-corrected chi connectivity index (χ0v) is 20.9. The molecule has 186 valence electrons. The maximum absolute atomic E-state index is 11.3. The van der Waals surface area contributed by atoms with E-state index in [-0.39, 0.29) is 5.75 Å². The number of aromatic hydroxyl groups is 1. The van der Waals surface area contributed by atoms with E-state index in [0.29, 0.717) is 41.6 Å². The summed E-state index contributed by atoms with van der Waals surface area (Å²) in [7, 11) is 0. The van der Waals surface area contributed by atoms with E-state index in [1.807, 2.05) is 98.8 Å². The Morgan fingerprint density at radius 3 is 2.51 bits per heavy atom. The monoisotopic (exact) mass is 491 g/mol. The molecular formula is C31H29N3O3. The number of pyridine rings is 2. The number of nitrogens with one attached hydrogen (secondary N) is 1. The number of hydrogen-bond donors (Lipinski definition) is 2. The molecule has 0 saturated carbocycles. The summed E-state index contributed by atoms with van der Waals surface area (Å²) in [6, 6.07) is 27.1. The van der Waals surface area contributed by atoms with Gasteiger partial charge in [0.05, 0.1) is 12.6 Å². The summed E-state index contributed by atoms with van der Waals surface area (Å²) in [5, 5.41) is 15.7. The van der Waals surface area contributed by atoms with Crippen molar-refractivity contribution in [3.05, 3.63) is 120 Å². The van der Waals surface area contributed by atoms with E-state index in [1.54, 1.807) is 12.4 Å². The molecule has 0 unspecified atom stereocenters.